The Morgan fingerprint density at radius 1 is 1.50 bits per heavy atom. The van der Waals surface area contributed by atoms with E-state index in [4.69, 9.17) is 0 Å². The molecule has 0 aliphatic rings. The molecule has 0 spiro atoms. The van der Waals surface area contributed by atoms with Crippen LogP contribution < -0.4 is 5.32 Å². The Morgan fingerprint density at radius 3 is 3.00 bits per heavy atom. The zero-order chi connectivity index (χ0) is 9.97. The molecular weight excluding hydrogens is 176 g/mol. The Balaban J connectivity index is 2.45. The first-order valence-electron chi connectivity index (χ1n) is 4.64. The largest absolute Gasteiger partial charge is 0.367 e. The fourth-order valence-electron chi connectivity index (χ4n) is 1.64. The average molecular weight is 190 g/mol. The Bertz CT molecular complexity index is 400. The van der Waals surface area contributed by atoms with Gasteiger partial charge in [0, 0.05) is 35.8 Å². The van der Waals surface area contributed by atoms with Crippen molar-refractivity contribution in [3.8, 4) is 11.1 Å². The highest BCUT2D eigenvalue weighted by atomic mass is 15.1. The first-order chi connectivity index (χ1) is 6.83. The molecule has 2 rings (SSSR count). The fourth-order valence-corrected chi connectivity index (χ4v) is 1.64. The van der Waals surface area contributed by atoms with E-state index in [1.165, 1.54) is 11.1 Å². The predicted molar refractivity (Wildman–Crippen MR) is 55.9 cm³/mol. The van der Waals surface area contributed by atoms with Crippen molar-refractivity contribution < 1.29 is 0 Å². The summed E-state index contributed by atoms with van der Waals surface area (Å²) in [6, 6.07) is 2.05. The number of nitrogens with one attached hydrogen (secondary N) is 3. The number of aryl methyl sites for hydroxylation is 1. The molecule has 2 aromatic heterocycles. The van der Waals surface area contributed by atoms with Crippen molar-refractivity contribution in [1.82, 2.24) is 20.5 Å². The Kier molecular flexibility index (Phi) is 2.37. The zero-order valence-corrected chi connectivity index (χ0v) is 8.39. The minimum Gasteiger partial charge on any atom is -0.367 e. The van der Waals surface area contributed by atoms with Crippen LogP contribution in [-0.4, -0.2) is 22.2 Å². The summed E-state index contributed by atoms with van der Waals surface area (Å²) in [6.45, 7) is 2.82. The van der Waals surface area contributed by atoms with Crippen LogP contribution in [0.25, 0.3) is 11.1 Å². The summed E-state index contributed by atoms with van der Waals surface area (Å²) in [7, 11) is 1.92. The van der Waals surface area contributed by atoms with Gasteiger partial charge in [0.2, 0.25) is 0 Å². The summed E-state index contributed by atoms with van der Waals surface area (Å²) in [5.74, 6) is 0. The zero-order valence-electron chi connectivity index (χ0n) is 8.39. The van der Waals surface area contributed by atoms with Gasteiger partial charge in [-0.1, -0.05) is 0 Å². The van der Waals surface area contributed by atoms with Crippen molar-refractivity contribution in [2.75, 3.05) is 7.05 Å². The Labute approximate surface area is 82.7 Å². The number of hydrogen-bond acceptors (Lipinski definition) is 2. The SMILES string of the molecule is CNCc1n[nH]c(C)c1-c1cc[nH]c1. The van der Waals surface area contributed by atoms with E-state index in [0.717, 1.165) is 17.9 Å². The van der Waals surface area contributed by atoms with Crippen molar-refractivity contribution in [2.45, 2.75) is 13.5 Å². The smallest absolute Gasteiger partial charge is 0.0841 e. The fraction of sp³-hybridized carbons (Fsp3) is 0.300. The van der Waals surface area contributed by atoms with E-state index < -0.39 is 0 Å². The van der Waals surface area contributed by atoms with Crippen molar-refractivity contribution in [1.29, 1.82) is 0 Å². The van der Waals surface area contributed by atoms with Crippen LogP contribution in [0.1, 0.15) is 11.4 Å². The molecule has 4 heteroatoms. The summed E-state index contributed by atoms with van der Waals surface area (Å²) >= 11 is 0. The van der Waals surface area contributed by atoms with E-state index in [1.54, 1.807) is 0 Å². The van der Waals surface area contributed by atoms with Crippen LogP contribution in [0.2, 0.25) is 0 Å². The van der Waals surface area contributed by atoms with Crippen LogP contribution in [0.3, 0.4) is 0 Å². The quantitative estimate of drug-likeness (QED) is 0.685. The molecule has 74 valence electrons. The van der Waals surface area contributed by atoms with Gasteiger partial charge in [-0.2, -0.15) is 5.10 Å². The first-order valence-corrected chi connectivity index (χ1v) is 4.64. The van der Waals surface area contributed by atoms with E-state index in [1.807, 2.05) is 26.4 Å². The molecule has 0 aromatic carbocycles. The molecule has 0 unspecified atom stereocenters. The lowest BCUT2D eigenvalue weighted by Gasteiger charge is -2.00. The number of rotatable bonds is 3. The van der Waals surface area contributed by atoms with Gasteiger partial charge in [-0.3, -0.25) is 5.10 Å². The van der Waals surface area contributed by atoms with Crippen LogP contribution >= 0.6 is 0 Å². The van der Waals surface area contributed by atoms with Crippen LogP contribution in [0, 0.1) is 6.92 Å². The third kappa shape index (κ3) is 1.44. The normalized spacial score (nSPS) is 10.7. The van der Waals surface area contributed by atoms with Crippen LogP contribution in [0.4, 0.5) is 0 Å². The van der Waals surface area contributed by atoms with Gasteiger partial charge in [0.05, 0.1) is 5.69 Å². The monoisotopic (exact) mass is 190 g/mol. The van der Waals surface area contributed by atoms with Gasteiger partial charge >= 0.3 is 0 Å². The van der Waals surface area contributed by atoms with Gasteiger partial charge in [-0.25, -0.2) is 0 Å². The highest BCUT2D eigenvalue weighted by Gasteiger charge is 2.11. The molecule has 14 heavy (non-hydrogen) atoms. The topological polar surface area (TPSA) is 56.5 Å². The third-order valence-electron chi connectivity index (χ3n) is 2.25. The minimum atomic E-state index is 0.783. The van der Waals surface area contributed by atoms with Crippen molar-refractivity contribution in [2.24, 2.45) is 0 Å². The van der Waals surface area contributed by atoms with Gasteiger partial charge in [-0.15, -0.1) is 0 Å². The van der Waals surface area contributed by atoms with Gasteiger partial charge in [0.15, 0.2) is 0 Å². The number of nitrogens with zero attached hydrogens (tertiary/aromatic N) is 1. The lowest BCUT2D eigenvalue weighted by atomic mass is 10.1. The second kappa shape index (κ2) is 3.67. The van der Waals surface area contributed by atoms with Crippen molar-refractivity contribution >= 4 is 0 Å². The molecule has 0 aliphatic heterocycles. The molecule has 0 amide bonds. The number of hydrogen-bond donors (Lipinski definition) is 3. The Hall–Kier alpha value is -1.55. The lowest BCUT2D eigenvalue weighted by Crippen LogP contribution is -2.06. The molecule has 0 atom stereocenters. The van der Waals surface area contributed by atoms with Crippen molar-refractivity contribution in [3.05, 3.63) is 29.8 Å². The second-order valence-electron chi connectivity index (χ2n) is 3.30. The number of H-pyrrole nitrogens is 2. The van der Waals surface area contributed by atoms with Gasteiger partial charge in [-0.05, 0) is 20.0 Å². The molecule has 0 fully saturated rings. The van der Waals surface area contributed by atoms with Gasteiger partial charge < -0.3 is 10.3 Å². The number of aromatic amines is 2. The van der Waals surface area contributed by atoms with Gasteiger partial charge in [0.25, 0.3) is 0 Å². The summed E-state index contributed by atoms with van der Waals surface area (Å²) in [5, 5.41) is 10.4. The standard InChI is InChI=1S/C10H14N4/c1-7-10(8-3-4-12-5-8)9(6-11-2)14-13-7/h3-5,11-12H,6H2,1-2H3,(H,13,14). The van der Waals surface area contributed by atoms with Crippen LogP contribution in [0.5, 0.6) is 0 Å². The van der Waals surface area contributed by atoms with E-state index in [9.17, 15) is 0 Å². The van der Waals surface area contributed by atoms with Crippen LogP contribution in [0.15, 0.2) is 18.5 Å². The molecule has 0 aliphatic carbocycles. The van der Waals surface area contributed by atoms with Crippen molar-refractivity contribution in [3.63, 3.8) is 0 Å². The average Bonchev–Trinajstić information content (AvgIpc) is 2.76. The third-order valence-corrected chi connectivity index (χ3v) is 2.25. The molecule has 4 nitrogen and oxygen atoms in total. The molecule has 0 saturated heterocycles. The molecule has 2 aromatic rings. The summed E-state index contributed by atoms with van der Waals surface area (Å²) in [4.78, 5) is 3.05. The molecule has 0 saturated carbocycles. The van der Waals surface area contributed by atoms with Crippen LogP contribution in [-0.2, 0) is 6.54 Å². The van der Waals surface area contributed by atoms with E-state index in [0.29, 0.717) is 0 Å². The molecule has 2 heterocycles. The number of aromatic nitrogens is 3. The molecular formula is C10H14N4. The molecule has 3 N–H and O–H groups in total. The van der Waals surface area contributed by atoms with Gasteiger partial charge in [0.1, 0.15) is 0 Å². The Morgan fingerprint density at radius 2 is 2.36 bits per heavy atom. The first kappa shape index (κ1) is 9.02. The van der Waals surface area contributed by atoms with E-state index in [2.05, 4.69) is 26.6 Å². The minimum absolute atomic E-state index is 0.783. The summed E-state index contributed by atoms with van der Waals surface area (Å²) < 4.78 is 0. The maximum Gasteiger partial charge on any atom is 0.0841 e. The molecule has 0 bridgehead atoms. The summed E-state index contributed by atoms with van der Waals surface area (Å²) in [5.41, 5.74) is 4.54. The maximum absolute atomic E-state index is 4.26. The lowest BCUT2D eigenvalue weighted by molar-refractivity contribution is 0.785. The summed E-state index contributed by atoms with van der Waals surface area (Å²) in [6.07, 6.45) is 3.90. The second-order valence-corrected chi connectivity index (χ2v) is 3.30. The predicted octanol–water partition coefficient (Wildman–Crippen LogP) is 1.43. The van der Waals surface area contributed by atoms with E-state index >= 15 is 0 Å². The highest BCUT2D eigenvalue weighted by Crippen LogP contribution is 2.24. The highest BCUT2D eigenvalue weighted by molar-refractivity contribution is 5.67. The molecule has 0 radical (unpaired) electrons. The van der Waals surface area contributed by atoms with E-state index in [-0.39, 0.29) is 0 Å². The maximum atomic E-state index is 4.26.